The molecule has 5 nitrogen and oxygen atoms in total. The second-order valence-corrected chi connectivity index (χ2v) is 4.02. The topological polar surface area (TPSA) is 81.1 Å². The highest BCUT2D eigenvalue weighted by atomic mass is 32.2. The summed E-state index contributed by atoms with van der Waals surface area (Å²) in [6, 6.07) is -0.986. The molecule has 1 atom stereocenters. The first-order valence-electron chi connectivity index (χ1n) is 4.38. The number of halogens is 2. The minimum Gasteiger partial charge on any atom is -0.480 e. The van der Waals surface area contributed by atoms with Crippen LogP contribution in [0.25, 0.3) is 0 Å². The van der Waals surface area contributed by atoms with Gasteiger partial charge in [0.15, 0.2) is 0 Å². The van der Waals surface area contributed by atoms with E-state index in [1.54, 1.807) is 0 Å². The van der Waals surface area contributed by atoms with Crippen molar-refractivity contribution in [3.63, 3.8) is 0 Å². The molecule has 0 saturated heterocycles. The molecule has 1 rings (SSSR count). The summed E-state index contributed by atoms with van der Waals surface area (Å²) in [4.78, 5) is 14.1. The number of carboxylic acids is 1. The zero-order valence-electron chi connectivity index (χ0n) is 8.22. The summed E-state index contributed by atoms with van der Waals surface area (Å²) in [5.74, 6) is -0.536. The highest BCUT2D eigenvalue weighted by Crippen LogP contribution is 2.17. The quantitative estimate of drug-likeness (QED) is 0.785. The Labute approximate surface area is 94.6 Å². The molecule has 1 aromatic heterocycles. The van der Waals surface area contributed by atoms with Crippen LogP contribution in [0.2, 0.25) is 0 Å². The number of aliphatic carboxylic acids is 1. The van der Waals surface area contributed by atoms with Crippen LogP contribution in [0.5, 0.6) is 0 Å². The molecule has 0 aromatic carbocycles. The summed E-state index contributed by atoms with van der Waals surface area (Å²) in [5, 5.41) is 8.50. The highest BCUT2D eigenvalue weighted by Gasteiger charge is 2.14. The van der Waals surface area contributed by atoms with Crippen molar-refractivity contribution < 1.29 is 18.7 Å². The van der Waals surface area contributed by atoms with Gasteiger partial charge < -0.3 is 10.8 Å². The Kier molecular flexibility index (Phi) is 4.69. The number of aromatic nitrogens is 2. The first-order valence-corrected chi connectivity index (χ1v) is 5.54. The lowest BCUT2D eigenvalue weighted by Gasteiger charge is -2.07. The van der Waals surface area contributed by atoms with E-state index in [1.165, 1.54) is 12.4 Å². The fourth-order valence-corrected chi connectivity index (χ4v) is 1.90. The summed E-state index contributed by atoms with van der Waals surface area (Å²) >= 11 is 1.16. The van der Waals surface area contributed by atoms with Crippen molar-refractivity contribution in [1.82, 2.24) is 9.55 Å². The van der Waals surface area contributed by atoms with Crippen LogP contribution in [-0.2, 0) is 10.5 Å². The highest BCUT2D eigenvalue weighted by molar-refractivity contribution is 7.98. The van der Waals surface area contributed by atoms with Crippen LogP contribution in [0, 0.1) is 0 Å². The number of nitrogens with two attached hydrogens (primary N) is 1. The molecule has 0 bridgehead atoms. The Bertz CT molecular complexity index is 359. The van der Waals surface area contributed by atoms with Crippen molar-refractivity contribution in [1.29, 1.82) is 0 Å². The van der Waals surface area contributed by atoms with Crippen LogP contribution in [0.1, 0.15) is 12.4 Å². The lowest BCUT2D eigenvalue weighted by atomic mass is 10.4. The van der Waals surface area contributed by atoms with E-state index in [2.05, 4.69) is 4.98 Å². The van der Waals surface area contributed by atoms with Crippen LogP contribution in [0.15, 0.2) is 12.4 Å². The van der Waals surface area contributed by atoms with E-state index < -0.39 is 18.6 Å². The number of rotatable bonds is 6. The van der Waals surface area contributed by atoms with Crippen molar-refractivity contribution in [2.45, 2.75) is 18.3 Å². The van der Waals surface area contributed by atoms with Gasteiger partial charge in [0.05, 0.1) is 5.75 Å². The molecule has 0 saturated carbocycles. The van der Waals surface area contributed by atoms with E-state index in [1.807, 2.05) is 0 Å². The van der Waals surface area contributed by atoms with Crippen molar-refractivity contribution >= 4 is 17.7 Å². The number of nitrogens with zero attached hydrogens (tertiary/aromatic N) is 2. The maximum Gasteiger partial charge on any atom is 0.321 e. The fourth-order valence-electron chi connectivity index (χ4n) is 0.982. The molecule has 0 fully saturated rings. The lowest BCUT2D eigenvalue weighted by Crippen LogP contribution is -2.32. The third-order valence-electron chi connectivity index (χ3n) is 1.80. The van der Waals surface area contributed by atoms with Crippen molar-refractivity contribution in [3.05, 3.63) is 18.2 Å². The number of hydrogen-bond acceptors (Lipinski definition) is 4. The van der Waals surface area contributed by atoms with E-state index in [0.29, 0.717) is 0 Å². The fraction of sp³-hybridized carbons (Fsp3) is 0.500. The van der Waals surface area contributed by atoms with E-state index in [9.17, 15) is 13.6 Å². The Morgan fingerprint density at radius 1 is 1.69 bits per heavy atom. The number of thioether (sulfide) groups is 1. The van der Waals surface area contributed by atoms with Gasteiger partial charge in [0.1, 0.15) is 11.9 Å². The van der Waals surface area contributed by atoms with Crippen LogP contribution >= 0.6 is 11.8 Å². The molecule has 0 aliphatic carbocycles. The third-order valence-corrected chi connectivity index (χ3v) is 2.86. The largest absolute Gasteiger partial charge is 0.480 e. The normalized spacial score (nSPS) is 13.0. The summed E-state index contributed by atoms with van der Waals surface area (Å²) in [5.41, 5.74) is 5.26. The molecule has 0 aliphatic heterocycles. The Morgan fingerprint density at radius 2 is 2.38 bits per heavy atom. The SMILES string of the molecule is N[C@H](CSCc1nccn1C(F)F)C(=O)O. The Hall–Kier alpha value is -1.15. The van der Waals surface area contributed by atoms with Crippen molar-refractivity contribution in [2.24, 2.45) is 5.73 Å². The Balaban J connectivity index is 2.43. The number of imidazole rings is 1. The monoisotopic (exact) mass is 251 g/mol. The first kappa shape index (κ1) is 12.9. The van der Waals surface area contributed by atoms with Gasteiger partial charge in [-0.1, -0.05) is 0 Å². The van der Waals surface area contributed by atoms with E-state index in [4.69, 9.17) is 10.8 Å². The molecule has 1 heterocycles. The van der Waals surface area contributed by atoms with Gasteiger partial charge in [0.2, 0.25) is 0 Å². The molecular weight excluding hydrogens is 240 g/mol. The third kappa shape index (κ3) is 3.46. The molecule has 0 amide bonds. The predicted molar refractivity (Wildman–Crippen MR) is 55.3 cm³/mol. The summed E-state index contributed by atoms with van der Waals surface area (Å²) < 4.78 is 25.5. The van der Waals surface area contributed by atoms with Gasteiger partial charge >= 0.3 is 12.5 Å². The van der Waals surface area contributed by atoms with Gasteiger partial charge in [-0.15, -0.1) is 0 Å². The molecule has 0 radical (unpaired) electrons. The van der Waals surface area contributed by atoms with Crippen LogP contribution in [0.3, 0.4) is 0 Å². The van der Waals surface area contributed by atoms with E-state index in [0.717, 1.165) is 16.3 Å². The molecule has 0 spiro atoms. The number of carboxylic acid groups (broad SMARTS) is 1. The molecule has 0 aliphatic rings. The molecule has 16 heavy (non-hydrogen) atoms. The zero-order chi connectivity index (χ0) is 12.1. The summed E-state index contributed by atoms with van der Waals surface area (Å²) in [7, 11) is 0. The minimum atomic E-state index is -2.63. The molecule has 3 N–H and O–H groups in total. The van der Waals surface area contributed by atoms with E-state index in [-0.39, 0.29) is 17.3 Å². The molecule has 90 valence electrons. The zero-order valence-corrected chi connectivity index (χ0v) is 9.03. The van der Waals surface area contributed by atoms with Crippen molar-refractivity contribution in [3.8, 4) is 0 Å². The lowest BCUT2D eigenvalue weighted by molar-refractivity contribution is -0.137. The van der Waals surface area contributed by atoms with Gasteiger partial charge in [-0.05, 0) is 0 Å². The second kappa shape index (κ2) is 5.80. The van der Waals surface area contributed by atoms with Crippen LogP contribution in [0.4, 0.5) is 8.78 Å². The van der Waals surface area contributed by atoms with E-state index >= 15 is 0 Å². The van der Waals surface area contributed by atoms with Crippen LogP contribution < -0.4 is 5.73 Å². The molecule has 8 heteroatoms. The molecule has 1 aromatic rings. The van der Waals surface area contributed by atoms with Gasteiger partial charge in [-0.2, -0.15) is 20.5 Å². The average Bonchev–Trinajstić information content (AvgIpc) is 2.65. The standard InChI is InChI=1S/C8H11F2N3O2S/c9-8(10)13-2-1-12-6(13)4-16-3-5(11)7(14)15/h1-2,5,8H,3-4,11H2,(H,14,15)/t5-/m1/s1. The summed E-state index contributed by atoms with van der Waals surface area (Å²) in [6.07, 6.45) is 2.46. The number of hydrogen-bond donors (Lipinski definition) is 2. The summed E-state index contributed by atoms with van der Waals surface area (Å²) in [6.45, 7) is -2.63. The maximum absolute atomic E-state index is 12.4. The van der Waals surface area contributed by atoms with Crippen LogP contribution in [-0.4, -0.2) is 32.4 Å². The Morgan fingerprint density at radius 3 is 2.94 bits per heavy atom. The van der Waals surface area contributed by atoms with Gasteiger partial charge in [-0.3, -0.25) is 9.36 Å². The number of carbonyl (C=O) groups is 1. The smallest absolute Gasteiger partial charge is 0.321 e. The maximum atomic E-state index is 12.4. The average molecular weight is 251 g/mol. The van der Waals surface area contributed by atoms with Gasteiger partial charge in [-0.25, -0.2) is 4.98 Å². The van der Waals surface area contributed by atoms with Gasteiger partial charge in [0, 0.05) is 18.1 Å². The second-order valence-electron chi connectivity index (χ2n) is 2.99. The minimum absolute atomic E-state index is 0.158. The van der Waals surface area contributed by atoms with Crippen molar-refractivity contribution in [2.75, 3.05) is 5.75 Å². The number of alkyl halides is 2. The molecule has 0 unspecified atom stereocenters. The first-order chi connectivity index (χ1) is 7.52. The van der Waals surface area contributed by atoms with Gasteiger partial charge in [0.25, 0.3) is 0 Å². The molecular formula is C8H11F2N3O2S. The predicted octanol–water partition coefficient (Wildman–Crippen LogP) is 0.923.